The van der Waals surface area contributed by atoms with E-state index in [-0.39, 0.29) is 0 Å². The lowest BCUT2D eigenvalue weighted by Gasteiger charge is -2.33. The Balaban J connectivity index is 5.76. The maximum atomic E-state index is 6.50. The molecule has 0 aliphatic heterocycles. The molecule has 0 fully saturated rings. The van der Waals surface area contributed by atoms with Crippen LogP contribution in [0.25, 0.3) is 0 Å². The highest BCUT2D eigenvalue weighted by Crippen LogP contribution is 2.22. The second kappa shape index (κ2) is 43.4. The fraction of sp³-hybridized carbons (Fsp3) is 1.00. The van der Waals surface area contributed by atoms with Gasteiger partial charge in [-0.3, -0.25) is 0 Å². The molecule has 16 heteroatoms. The molecule has 0 bridgehead atoms. The van der Waals surface area contributed by atoms with Crippen molar-refractivity contribution in [1.82, 2.24) is 19.6 Å². The maximum absolute atomic E-state index is 6.50. The van der Waals surface area contributed by atoms with E-state index in [1.165, 1.54) is 0 Å². The van der Waals surface area contributed by atoms with E-state index >= 15 is 0 Å². The van der Waals surface area contributed by atoms with Crippen LogP contribution in [-0.2, 0) is 18.9 Å². The smallest absolute Gasteiger partial charge is 0.0637 e. The average Bonchev–Trinajstić information content (AvgIpc) is 3.22. The molecule has 0 amide bonds. The number of ether oxygens (including phenoxy) is 4. The first-order chi connectivity index (χ1) is 28.0. The predicted octanol–water partition coefficient (Wildman–Crippen LogP) is -0.402. The summed E-state index contributed by atoms with van der Waals surface area (Å²) in [5.74, 6) is 0. The Morgan fingerprint density at radius 1 is 0.246 bits per heavy atom. The zero-order valence-electron chi connectivity index (χ0n) is 36.8. The van der Waals surface area contributed by atoms with Gasteiger partial charge in [0.15, 0.2) is 0 Å². The SMILES string of the molecule is NCCCN(CCCN)CCCOCC(COCCCN(CCCN)CCCN)(COCCCN(CCCN)CCCN)COCCCN(CCCN)CCCN. The van der Waals surface area contributed by atoms with E-state index in [0.717, 1.165) is 156 Å². The van der Waals surface area contributed by atoms with Crippen LogP contribution >= 0.6 is 0 Å². The lowest BCUT2D eigenvalue weighted by atomic mass is 9.92. The van der Waals surface area contributed by atoms with Gasteiger partial charge in [0.2, 0.25) is 0 Å². The van der Waals surface area contributed by atoms with Gasteiger partial charge in [0.1, 0.15) is 0 Å². The second-order valence-corrected chi connectivity index (χ2v) is 15.6. The fourth-order valence-electron chi connectivity index (χ4n) is 6.83. The summed E-state index contributed by atoms with van der Waals surface area (Å²) in [7, 11) is 0. The number of nitrogens with zero attached hydrogens (tertiary/aromatic N) is 4. The molecule has 16 nitrogen and oxygen atoms in total. The van der Waals surface area contributed by atoms with E-state index < -0.39 is 5.41 Å². The van der Waals surface area contributed by atoms with Crippen LogP contribution in [0.1, 0.15) is 77.0 Å². The third-order valence-corrected chi connectivity index (χ3v) is 10.1. The summed E-state index contributed by atoms with van der Waals surface area (Å²) in [6, 6.07) is 0. The second-order valence-electron chi connectivity index (χ2n) is 15.6. The van der Waals surface area contributed by atoms with Crippen LogP contribution in [0.2, 0.25) is 0 Å². The van der Waals surface area contributed by atoms with E-state index in [1.807, 2.05) is 0 Å². The first-order valence-electron chi connectivity index (χ1n) is 22.8. The van der Waals surface area contributed by atoms with Crippen LogP contribution in [0.5, 0.6) is 0 Å². The largest absolute Gasteiger partial charge is 0.381 e. The van der Waals surface area contributed by atoms with Crippen molar-refractivity contribution in [3.05, 3.63) is 0 Å². The highest BCUT2D eigenvalue weighted by Gasteiger charge is 2.33. The Bertz CT molecular complexity index is 641. The maximum Gasteiger partial charge on any atom is 0.0637 e. The van der Waals surface area contributed by atoms with Gasteiger partial charge in [-0.25, -0.2) is 0 Å². The Hall–Kier alpha value is -0.640. The van der Waals surface area contributed by atoms with Crippen LogP contribution in [0, 0.1) is 5.41 Å². The Morgan fingerprint density at radius 3 is 0.561 bits per heavy atom. The topological polar surface area (TPSA) is 258 Å². The molecule has 0 unspecified atom stereocenters. The highest BCUT2D eigenvalue weighted by atomic mass is 16.5. The lowest BCUT2D eigenvalue weighted by Crippen LogP contribution is -2.42. The third kappa shape index (κ3) is 34.7. The Morgan fingerprint density at radius 2 is 0.404 bits per heavy atom. The van der Waals surface area contributed by atoms with E-state index in [2.05, 4.69) is 19.6 Å². The first-order valence-corrected chi connectivity index (χ1v) is 22.8. The van der Waals surface area contributed by atoms with Gasteiger partial charge in [-0.1, -0.05) is 0 Å². The van der Waals surface area contributed by atoms with E-state index in [1.54, 1.807) is 0 Å². The standard InChI is InChI=1S/C41H96N12O4/c42-13-1-21-50(22-2-14-43)29-9-33-54-37-41(38-55-34-10-30-51(23-3-15-44)24-4-16-45,39-56-35-11-31-52(25-5-17-46)26-6-18-47)40-57-36-12-32-53(27-7-19-48)28-8-20-49/h1-40,42-49H2. The van der Waals surface area contributed by atoms with Gasteiger partial charge in [0.05, 0.1) is 31.8 Å². The van der Waals surface area contributed by atoms with Gasteiger partial charge in [-0.2, -0.15) is 0 Å². The predicted molar refractivity (Wildman–Crippen MR) is 239 cm³/mol. The van der Waals surface area contributed by atoms with E-state index in [0.29, 0.717) is 105 Å². The van der Waals surface area contributed by atoms with Crippen molar-refractivity contribution in [2.24, 2.45) is 51.3 Å². The van der Waals surface area contributed by atoms with Gasteiger partial charge in [-0.15, -0.1) is 0 Å². The summed E-state index contributed by atoms with van der Waals surface area (Å²) in [5, 5.41) is 0. The van der Waals surface area contributed by atoms with Crippen molar-refractivity contribution in [2.45, 2.75) is 77.0 Å². The molecular weight excluding hydrogens is 725 g/mol. The molecule has 0 heterocycles. The van der Waals surface area contributed by atoms with E-state index in [9.17, 15) is 0 Å². The molecule has 0 aromatic heterocycles. The molecule has 344 valence electrons. The molecule has 0 radical (unpaired) electrons. The van der Waals surface area contributed by atoms with Crippen LogP contribution in [-0.4, -0.2) is 203 Å². The van der Waals surface area contributed by atoms with Crippen LogP contribution in [0.3, 0.4) is 0 Å². The van der Waals surface area contributed by atoms with Gasteiger partial charge < -0.3 is 84.4 Å². The summed E-state index contributed by atoms with van der Waals surface area (Å²) >= 11 is 0. The molecule has 0 aliphatic rings. The van der Waals surface area contributed by atoms with Crippen molar-refractivity contribution < 1.29 is 18.9 Å². The summed E-state index contributed by atoms with van der Waals surface area (Å²) < 4.78 is 26.0. The Kier molecular flexibility index (Phi) is 43.0. The molecule has 0 aromatic carbocycles. The minimum atomic E-state index is -0.449. The number of rotatable bonds is 48. The van der Waals surface area contributed by atoms with Gasteiger partial charge in [-0.05, 0) is 182 Å². The first kappa shape index (κ1) is 56.4. The summed E-state index contributed by atoms with van der Waals surface area (Å²) in [6.45, 7) is 21.8. The Labute approximate surface area is 350 Å². The van der Waals surface area contributed by atoms with Crippen LogP contribution in [0.4, 0.5) is 0 Å². The number of hydrogen-bond acceptors (Lipinski definition) is 16. The minimum Gasteiger partial charge on any atom is -0.381 e. The molecule has 0 saturated heterocycles. The van der Waals surface area contributed by atoms with Crippen molar-refractivity contribution >= 4 is 0 Å². The van der Waals surface area contributed by atoms with Crippen LogP contribution < -0.4 is 45.9 Å². The fourth-order valence-corrected chi connectivity index (χ4v) is 6.83. The molecule has 0 aliphatic carbocycles. The summed E-state index contributed by atoms with van der Waals surface area (Å²) in [5.41, 5.74) is 46.1. The molecule has 16 N–H and O–H groups in total. The summed E-state index contributed by atoms with van der Waals surface area (Å²) in [4.78, 5) is 9.80. The third-order valence-electron chi connectivity index (χ3n) is 10.1. The zero-order valence-corrected chi connectivity index (χ0v) is 36.8. The van der Waals surface area contributed by atoms with Gasteiger partial charge in [0.25, 0.3) is 0 Å². The number of hydrogen-bond donors (Lipinski definition) is 8. The zero-order chi connectivity index (χ0) is 41.9. The van der Waals surface area contributed by atoms with Crippen molar-refractivity contribution in [2.75, 3.05) is 184 Å². The monoisotopic (exact) mass is 821 g/mol. The van der Waals surface area contributed by atoms with Gasteiger partial charge >= 0.3 is 0 Å². The average molecular weight is 821 g/mol. The molecule has 0 spiro atoms. The normalized spacial score (nSPS) is 12.4. The molecule has 0 aromatic rings. The quantitative estimate of drug-likeness (QED) is 0.0363. The van der Waals surface area contributed by atoms with Crippen molar-refractivity contribution in [1.29, 1.82) is 0 Å². The van der Waals surface area contributed by atoms with Crippen molar-refractivity contribution in [3.63, 3.8) is 0 Å². The molecule has 0 atom stereocenters. The highest BCUT2D eigenvalue weighted by molar-refractivity contribution is 4.80. The lowest BCUT2D eigenvalue weighted by molar-refractivity contribution is -0.108. The van der Waals surface area contributed by atoms with Crippen LogP contribution in [0.15, 0.2) is 0 Å². The van der Waals surface area contributed by atoms with Crippen molar-refractivity contribution in [3.8, 4) is 0 Å². The molecule has 0 saturated carbocycles. The molecular formula is C41H96N12O4. The number of nitrogens with two attached hydrogens (primary N) is 8. The molecule has 57 heavy (non-hydrogen) atoms. The molecule has 0 rings (SSSR count). The van der Waals surface area contributed by atoms with E-state index in [4.69, 9.17) is 64.8 Å². The minimum absolute atomic E-state index is 0.449. The van der Waals surface area contributed by atoms with Gasteiger partial charge in [0, 0.05) is 52.6 Å². The summed E-state index contributed by atoms with van der Waals surface area (Å²) in [6.07, 6.45) is 11.6.